The van der Waals surface area contributed by atoms with Gasteiger partial charge in [-0.1, -0.05) is 25.0 Å². The van der Waals surface area contributed by atoms with E-state index in [0.29, 0.717) is 6.04 Å². The second kappa shape index (κ2) is 10.4. The largest absolute Gasteiger partial charge is 0.494 e. The van der Waals surface area contributed by atoms with Crippen molar-refractivity contribution in [2.24, 2.45) is 5.92 Å². The zero-order valence-corrected chi connectivity index (χ0v) is 15.6. The van der Waals surface area contributed by atoms with Crippen LogP contribution in [0.25, 0.3) is 0 Å². The molecule has 1 aromatic rings. The van der Waals surface area contributed by atoms with E-state index in [1.165, 1.54) is 44.3 Å². The van der Waals surface area contributed by atoms with Crippen molar-refractivity contribution in [3.05, 3.63) is 29.8 Å². The molecule has 23 heavy (non-hydrogen) atoms. The van der Waals surface area contributed by atoms with Gasteiger partial charge in [0.05, 0.1) is 6.61 Å². The molecule has 2 aliphatic rings. The minimum absolute atomic E-state index is 0. The highest BCUT2D eigenvalue weighted by atomic mass is 35.5. The van der Waals surface area contributed by atoms with Gasteiger partial charge in [0.2, 0.25) is 0 Å². The number of ether oxygens (including phenoxy) is 1. The highest BCUT2D eigenvalue weighted by Gasteiger charge is 2.31. The highest BCUT2D eigenvalue weighted by molar-refractivity contribution is 5.85. The number of halogens is 2. The van der Waals surface area contributed by atoms with Gasteiger partial charge < -0.3 is 10.1 Å². The molecule has 3 rings (SSSR count). The summed E-state index contributed by atoms with van der Waals surface area (Å²) in [5.74, 6) is 1.84. The molecule has 1 saturated heterocycles. The van der Waals surface area contributed by atoms with Gasteiger partial charge in [-0.25, -0.2) is 0 Å². The predicted molar refractivity (Wildman–Crippen MR) is 101 cm³/mol. The summed E-state index contributed by atoms with van der Waals surface area (Å²) in [6, 6.07) is 9.39. The monoisotopic (exact) mass is 360 g/mol. The summed E-state index contributed by atoms with van der Waals surface area (Å²) in [6.45, 7) is 7.37. The molecule has 5 heteroatoms. The van der Waals surface area contributed by atoms with E-state index < -0.39 is 0 Å². The van der Waals surface area contributed by atoms with Gasteiger partial charge in [0.25, 0.3) is 0 Å². The smallest absolute Gasteiger partial charge is 0.119 e. The average molecular weight is 361 g/mol. The van der Waals surface area contributed by atoms with Crippen LogP contribution < -0.4 is 10.1 Å². The van der Waals surface area contributed by atoms with Crippen molar-refractivity contribution in [1.82, 2.24) is 10.2 Å². The summed E-state index contributed by atoms with van der Waals surface area (Å²) in [6.07, 6.45) is 5.57. The van der Waals surface area contributed by atoms with Crippen LogP contribution in [0.2, 0.25) is 0 Å². The molecule has 1 atom stereocenters. The maximum atomic E-state index is 5.72. The molecule has 1 aliphatic carbocycles. The third-order valence-corrected chi connectivity index (χ3v) is 4.90. The fourth-order valence-electron chi connectivity index (χ4n) is 3.97. The fraction of sp³-hybridized carbons (Fsp3) is 0.667. The molecule has 1 aromatic carbocycles. The van der Waals surface area contributed by atoms with E-state index in [0.717, 1.165) is 31.4 Å². The Hall–Kier alpha value is -0.480. The van der Waals surface area contributed by atoms with Crippen molar-refractivity contribution in [1.29, 1.82) is 0 Å². The SMILES string of the molecule is CCOc1cccc([C@H](C2CCCC2)N2CCNCC2)c1.Cl.Cl. The Morgan fingerprint density at radius 3 is 2.52 bits per heavy atom. The van der Waals surface area contributed by atoms with Gasteiger partial charge in [-0.15, -0.1) is 24.8 Å². The van der Waals surface area contributed by atoms with Crippen LogP contribution in [0.5, 0.6) is 5.75 Å². The molecule has 3 nitrogen and oxygen atoms in total. The third kappa shape index (κ3) is 5.25. The first-order valence-corrected chi connectivity index (χ1v) is 8.56. The second-order valence-electron chi connectivity index (χ2n) is 6.28. The van der Waals surface area contributed by atoms with Gasteiger partial charge in [-0.3, -0.25) is 4.90 Å². The lowest BCUT2D eigenvalue weighted by atomic mass is 9.89. The van der Waals surface area contributed by atoms with E-state index >= 15 is 0 Å². The van der Waals surface area contributed by atoms with Crippen molar-refractivity contribution >= 4 is 24.8 Å². The molecule has 0 unspecified atom stereocenters. The Labute approximate surface area is 153 Å². The number of hydrogen-bond donors (Lipinski definition) is 1. The normalized spacial score (nSPS) is 20.4. The van der Waals surface area contributed by atoms with Crippen LogP contribution in [-0.4, -0.2) is 37.7 Å². The Kier molecular flexibility index (Phi) is 9.30. The third-order valence-electron chi connectivity index (χ3n) is 4.90. The number of piperazine rings is 1. The zero-order valence-electron chi connectivity index (χ0n) is 14.0. The Balaban J connectivity index is 0.00000132. The van der Waals surface area contributed by atoms with E-state index in [4.69, 9.17) is 4.74 Å². The molecule has 0 radical (unpaired) electrons. The average Bonchev–Trinajstić information content (AvgIpc) is 3.03. The second-order valence-corrected chi connectivity index (χ2v) is 6.28. The van der Waals surface area contributed by atoms with E-state index in [1.807, 2.05) is 0 Å². The first-order valence-electron chi connectivity index (χ1n) is 8.56. The summed E-state index contributed by atoms with van der Waals surface area (Å²) in [4.78, 5) is 2.69. The summed E-state index contributed by atoms with van der Waals surface area (Å²) >= 11 is 0. The molecule has 1 heterocycles. The Morgan fingerprint density at radius 2 is 1.87 bits per heavy atom. The molecule has 0 bridgehead atoms. The van der Waals surface area contributed by atoms with Gasteiger partial charge in [0.1, 0.15) is 5.75 Å². The van der Waals surface area contributed by atoms with Crippen molar-refractivity contribution in [2.75, 3.05) is 32.8 Å². The summed E-state index contributed by atoms with van der Waals surface area (Å²) in [5, 5.41) is 3.48. The van der Waals surface area contributed by atoms with Crippen molar-refractivity contribution in [3.63, 3.8) is 0 Å². The Morgan fingerprint density at radius 1 is 1.17 bits per heavy atom. The molecule has 2 fully saturated rings. The minimum atomic E-state index is 0. The lowest BCUT2D eigenvalue weighted by Crippen LogP contribution is -2.46. The summed E-state index contributed by atoms with van der Waals surface area (Å²) in [7, 11) is 0. The lowest BCUT2D eigenvalue weighted by Gasteiger charge is -2.38. The number of nitrogens with one attached hydrogen (secondary N) is 1. The van der Waals surface area contributed by atoms with Gasteiger partial charge in [0.15, 0.2) is 0 Å². The molecule has 1 N–H and O–H groups in total. The van der Waals surface area contributed by atoms with Crippen LogP contribution >= 0.6 is 24.8 Å². The minimum Gasteiger partial charge on any atom is -0.494 e. The number of nitrogens with zero attached hydrogens (tertiary/aromatic N) is 1. The quantitative estimate of drug-likeness (QED) is 0.856. The van der Waals surface area contributed by atoms with E-state index in [9.17, 15) is 0 Å². The van der Waals surface area contributed by atoms with Crippen LogP contribution in [0.3, 0.4) is 0 Å². The van der Waals surface area contributed by atoms with Crippen molar-refractivity contribution < 1.29 is 4.74 Å². The van der Waals surface area contributed by atoms with E-state index in [1.54, 1.807) is 0 Å². The van der Waals surface area contributed by atoms with Gasteiger partial charge in [0, 0.05) is 32.2 Å². The topological polar surface area (TPSA) is 24.5 Å². The molecule has 0 amide bonds. The van der Waals surface area contributed by atoms with Crippen LogP contribution in [0.4, 0.5) is 0 Å². The van der Waals surface area contributed by atoms with Gasteiger partial charge in [-0.05, 0) is 43.4 Å². The van der Waals surface area contributed by atoms with Gasteiger partial charge in [-0.2, -0.15) is 0 Å². The van der Waals surface area contributed by atoms with E-state index in [2.05, 4.69) is 41.4 Å². The molecule has 132 valence electrons. The first kappa shape index (κ1) is 20.6. The van der Waals surface area contributed by atoms with Crippen LogP contribution in [0.15, 0.2) is 24.3 Å². The summed E-state index contributed by atoms with van der Waals surface area (Å²) in [5.41, 5.74) is 1.45. The van der Waals surface area contributed by atoms with Gasteiger partial charge >= 0.3 is 0 Å². The maximum Gasteiger partial charge on any atom is 0.119 e. The lowest BCUT2D eigenvalue weighted by molar-refractivity contribution is 0.125. The molecule has 1 saturated carbocycles. The van der Waals surface area contributed by atoms with Crippen molar-refractivity contribution in [3.8, 4) is 5.75 Å². The number of rotatable bonds is 5. The number of hydrogen-bond acceptors (Lipinski definition) is 3. The molecule has 1 aliphatic heterocycles. The van der Waals surface area contributed by atoms with Crippen LogP contribution in [0.1, 0.15) is 44.2 Å². The highest BCUT2D eigenvalue weighted by Crippen LogP contribution is 2.40. The number of benzene rings is 1. The Bertz CT molecular complexity index is 446. The van der Waals surface area contributed by atoms with E-state index in [-0.39, 0.29) is 24.8 Å². The van der Waals surface area contributed by atoms with Crippen LogP contribution in [-0.2, 0) is 0 Å². The predicted octanol–water partition coefficient (Wildman–Crippen LogP) is 4.07. The maximum absolute atomic E-state index is 5.72. The van der Waals surface area contributed by atoms with Crippen LogP contribution in [0, 0.1) is 5.92 Å². The molecular formula is C18H30Cl2N2O. The molecular weight excluding hydrogens is 331 g/mol. The molecule has 0 aromatic heterocycles. The van der Waals surface area contributed by atoms with Crippen molar-refractivity contribution in [2.45, 2.75) is 38.6 Å². The zero-order chi connectivity index (χ0) is 14.5. The first-order chi connectivity index (χ1) is 10.4. The summed E-state index contributed by atoms with van der Waals surface area (Å²) < 4.78 is 5.72. The standard InChI is InChI=1S/C18H28N2O.2ClH/c1-2-21-17-9-5-8-16(14-17)18(15-6-3-4-7-15)20-12-10-19-11-13-20;;/h5,8-9,14-15,18-19H,2-4,6-7,10-13H2,1H3;2*1H/t18-;;/m0../s1. The fourth-order valence-corrected chi connectivity index (χ4v) is 3.97. The molecule has 0 spiro atoms.